The van der Waals surface area contributed by atoms with Crippen molar-refractivity contribution in [2.45, 2.75) is 98.2 Å². The first-order valence-electron chi connectivity index (χ1n) is 12.4. The van der Waals surface area contributed by atoms with E-state index in [1.54, 1.807) is 5.57 Å². The monoisotopic (exact) mass is 400 g/mol. The smallest absolute Gasteiger partial charge is 0.0743 e. The normalized spacial score (nSPS) is 46.8. The summed E-state index contributed by atoms with van der Waals surface area (Å²) in [6.45, 7) is 11.7. The van der Waals surface area contributed by atoms with E-state index < -0.39 is 0 Å². The van der Waals surface area contributed by atoms with Crippen molar-refractivity contribution in [3.05, 3.63) is 23.8 Å². The lowest BCUT2D eigenvalue weighted by Gasteiger charge is -2.58. The van der Waals surface area contributed by atoms with Crippen LogP contribution in [-0.4, -0.2) is 22.4 Å². The molecule has 0 aromatic carbocycles. The lowest BCUT2D eigenvalue weighted by atomic mass is 9.47. The van der Waals surface area contributed by atoms with Crippen molar-refractivity contribution in [3.63, 3.8) is 0 Å². The van der Waals surface area contributed by atoms with Crippen LogP contribution in [-0.2, 0) is 0 Å². The van der Waals surface area contributed by atoms with E-state index in [4.69, 9.17) is 0 Å². The van der Waals surface area contributed by atoms with E-state index in [1.807, 2.05) is 0 Å². The minimum Gasteiger partial charge on any atom is -0.393 e. The van der Waals surface area contributed by atoms with Crippen molar-refractivity contribution < 1.29 is 10.2 Å². The van der Waals surface area contributed by atoms with E-state index >= 15 is 0 Å². The molecule has 0 saturated heterocycles. The van der Waals surface area contributed by atoms with Gasteiger partial charge < -0.3 is 10.2 Å². The molecule has 0 aromatic rings. The standard InChI is InChI=1S/C27H44O2/c1-17(2)25(29)11-6-18(3)22-9-10-23-21-8-7-19-16-20(28)12-14-26(19,4)24(21)13-15-27(22,23)5/h6-7,11,17-18,20-25,28-29H,8-10,12-16H2,1-5H3/t18-,20+,21+,22-,23+,24+,25?,26+,27-/m1/s1. The van der Waals surface area contributed by atoms with Gasteiger partial charge in [-0.1, -0.05) is 58.4 Å². The van der Waals surface area contributed by atoms with Crippen molar-refractivity contribution >= 4 is 0 Å². The predicted octanol–water partition coefficient (Wildman–Crippen LogP) is 6.14. The first kappa shape index (κ1) is 21.6. The van der Waals surface area contributed by atoms with E-state index in [0.717, 1.165) is 36.5 Å². The summed E-state index contributed by atoms with van der Waals surface area (Å²) in [6, 6.07) is 0. The van der Waals surface area contributed by atoms with Gasteiger partial charge in [0.25, 0.3) is 0 Å². The summed E-state index contributed by atoms with van der Waals surface area (Å²) in [7, 11) is 0. The molecular weight excluding hydrogens is 356 g/mol. The average molecular weight is 401 g/mol. The summed E-state index contributed by atoms with van der Waals surface area (Å²) in [5, 5.41) is 20.4. The topological polar surface area (TPSA) is 40.5 Å². The van der Waals surface area contributed by atoms with Crippen LogP contribution in [0.2, 0.25) is 0 Å². The Labute approximate surface area is 178 Å². The lowest BCUT2D eigenvalue weighted by Crippen LogP contribution is -2.50. The van der Waals surface area contributed by atoms with Crippen LogP contribution in [0.4, 0.5) is 0 Å². The molecule has 3 saturated carbocycles. The molecule has 0 aromatic heterocycles. The summed E-state index contributed by atoms with van der Waals surface area (Å²) in [5.41, 5.74) is 2.37. The van der Waals surface area contributed by atoms with Crippen LogP contribution in [0.3, 0.4) is 0 Å². The number of fused-ring (bicyclic) bond motifs is 5. The molecule has 3 fully saturated rings. The van der Waals surface area contributed by atoms with Crippen LogP contribution < -0.4 is 0 Å². The highest BCUT2D eigenvalue weighted by Crippen LogP contribution is 2.67. The zero-order valence-electron chi connectivity index (χ0n) is 19.4. The number of rotatable bonds is 4. The van der Waals surface area contributed by atoms with Gasteiger partial charge in [-0.05, 0) is 97.7 Å². The Balaban J connectivity index is 1.53. The molecule has 0 heterocycles. The molecule has 0 amide bonds. The lowest BCUT2D eigenvalue weighted by molar-refractivity contribution is -0.0541. The molecule has 0 bridgehead atoms. The molecule has 29 heavy (non-hydrogen) atoms. The van der Waals surface area contributed by atoms with Crippen molar-refractivity contribution in [1.29, 1.82) is 0 Å². The van der Waals surface area contributed by atoms with Crippen LogP contribution in [0, 0.1) is 46.3 Å². The SMILES string of the molecule is CC(C)C(O)C=C[C@@H](C)[C@H]1CC[C@H]2[C@@H]3CC=C4C[C@@H](O)CC[C@]4(C)[C@H]3CC[C@]12C. The number of hydrogen-bond acceptors (Lipinski definition) is 2. The molecular formula is C27H44O2. The van der Waals surface area contributed by atoms with Gasteiger partial charge in [-0.15, -0.1) is 0 Å². The summed E-state index contributed by atoms with van der Waals surface area (Å²) in [4.78, 5) is 0. The van der Waals surface area contributed by atoms with E-state index in [2.05, 4.69) is 52.8 Å². The number of aliphatic hydroxyl groups is 2. The number of aliphatic hydroxyl groups excluding tert-OH is 2. The Morgan fingerprint density at radius 1 is 1.00 bits per heavy atom. The fourth-order valence-electron chi connectivity index (χ4n) is 8.19. The van der Waals surface area contributed by atoms with Crippen molar-refractivity contribution in [1.82, 2.24) is 0 Å². The maximum Gasteiger partial charge on any atom is 0.0743 e. The molecule has 2 N–H and O–H groups in total. The van der Waals surface area contributed by atoms with E-state index in [9.17, 15) is 10.2 Å². The minimum absolute atomic E-state index is 0.107. The average Bonchev–Trinajstić information content (AvgIpc) is 3.03. The predicted molar refractivity (Wildman–Crippen MR) is 120 cm³/mol. The van der Waals surface area contributed by atoms with E-state index in [0.29, 0.717) is 22.7 Å². The summed E-state index contributed by atoms with van der Waals surface area (Å²) >= 11 is 0. The Morgan fingerprint density at radius 3 is 2.48 bits per heavy atom. The second-order valence-electron chi connectivity index (χ2n) is 11.9. The van der Waals surface area contributed by atoms with Gasteiger partial charge in [-0.2, -0.15) is 0 Å². The van der Waals surface area contributed by atoms with Gasteiger partial charge >= 0.3 is 0 Å². The fraction of sp³-hybridized carbons (Fsp3) is 0.852. The van der Waals surface area contributed by atoms with Gasteiger partial charge in [0.15, 0.2) is 0 Å². The van der Waals surface area contributed by atoms with Gasteiger partial charge in [0.1, 0.15) is 0 Å². The third kappa shape index (κ3) is 3.57. The first-order valence-corrected chi connectivity index (χ1v) is 12.4. The van der Waals surface area contributed by atoms with Crippen LogP contribution in [0.25, 0.3) is 0 Å². The van der Waals surface area contributed by atoms with Crippen molar-refractivity contribution in [3.8, 4) is 0 Å². The van der Waals surface area contributed by atoms with Crippen molar-refractivity contribution in [2.24, 2.45) is 46.3 Å². The highest BCUT2D eigenvalue weighted by molar-refractivity contribution is 5.25. The second kappa shape index (κ2) is 7.83. The number of allylic oxidation sites excluding steroid dienone is 2. The zero-order chi connectivity index (χ0) is 21.0. The second-order valence-corrected chi connectivity index (χ2v) is 11.9. The molecule has 0 aliphatic heterocycles. The van der Waals surface area contributed by atoms with Crippen LogP contribution in [0.15, 0.2) is 23.8 Å². The Bertz CT molecular complexity index is 663. The van der Waals surface area contributed by atoms with E-state index in [-0.39, 0.29) is 12.2 Å². The first-order chi connectivity index (χ1) is 13.7. The fourth-order valence-corrected chi connectivity index (χ4v) is 8.19. The maximum atomic E-state index is 10.2. The molecule has 2 heteroatoms. The van der Waals surface area contributed by atoms with Gasteiger partial charge in [-0.3, -0.25) is 0 Å². The Kier molecular flexibility index (Phi) is 5.84. The van der Waals surface area contributed by atoms with Crippen LogP contribution in [0.1, 0.15) is 86.0 Å². The minimum atomic E-state index is -0.318. The van der Waals surface area contributed by atoms with Gasteiger partial charge in [0.2, 0.25) is 0 Å². The summed E-state index contributed by atoms with van der Waals surface area (Å²) in [6.07, 6.45) is 16.3. The van der Waals surface area contributed by atoms with Crippen LogP contribution >= 0.6 is 0 Å². The zero-order valence-corrected chi connectivity index (χ0v) is 19.4. The molecule has 2 nitrogen and oxygen atoms in total. The molecule has 0 spiro atoms. The highest BCUT2D eigenvalue weighted by Gasteiger charge is 2.58. The molecule has 9 atom stereocenters. The maximum absolute atomic E-state index is 10.2. The molecule has 164 valence electrons. The molecule has 4 rings (SSSR count). The highest BCUT2D eigenvalue weighted by atomic mass is 16.3. The van der Waals surface area contributed by atoms with E-state index in [1.165, 1.54) is 38.5 Å². The Hall–Kier alpha value is -0.600. The van der Waals surface area contributed by atoms with Gasteiger partial charge in [0.05, 0.1) is 12.2 Å². The largest absolute Gasteiger partial charge is 0.393 e. The molecule has 4 aliphatic carbocycles. The summed E-state index contributed by atoms with van der Waals surface area (Å²) < 4.78 is 0. The molecule has 0 radical (unpaired) electrons. The van der Waals surface area contributed by atoms with Crippen molar-refractivity contribution in [2.75, 3.05) is 0 Å². The summed E-state index contributed by atoms with van der Waals surface area (Å²) in [5.74, 6) is 4.08. The van der Waals surface area contributed by atoms with Crippen LogP contribution in [0.5, 0.6) is 0 Å². The quantitative estimate of drug-likeness (QED) is 0.557. The van der Waals surface area contributed by atoms with Gasteiger partial charge in [0, 0.05) is 0 Å². The Morgan fingerprint density at radius 2 is 1.76 bits per heavy atom. The molecule has 4 aliphatic rings. The molecule has 1 unspecified atom stereocenters. The van der Waals surface area contributed by atoms with Gasteiger partial charge in [-0.25, -0.2) is 0 Å². The number of hydrogen-bond donors (Lipinski definition) is 2. The third-order valence-electron chi connectivity index (χ3n) is 10.1. The third-order valence-corrected chi connectivity index (χ3v) is 10.1.